The summed E-state index contributed by atoms with van der Waals surface area (Å²) in [6.07, 6.45) is 0. The van der Waals surface area contributed by atoms with Gasteiger partial charge in [0.05, 0.1) is 12.2 Å². The highest BCUT2D eigenvalue weighted by molar-refractivity contribution is 7.14. The summed E-state index contributed by atoms with van der Waals surface area (Å²) in [6, 6.07) is 5.70. The largest absolute Gasteiger partial charge is 0.343 e. The Bertz CT molecular complexity index is 1000. The van der Waals surface area contributed by atoms with Crippen molar-refractivity contribution in [2.75, 3.05) is 0 Å². The highest BCUT2D eigenvalue weighted by Gasteiger charge is 2.14. The van der Waals surface area contributed by atoms with Crippen LogP contribution < -0.4 is 5.32 Å². The van der Waals surface area contributed by atoms with Crippen LogP contribution in [0.25, 0.3) is 16.2 Å². The van der Waals surface area contributed by atoms with Crippen molar-refractivity contribution in [3.63, 3.8) is 0 Å². The van der Waals surface area contributed by atoms with Crippen molar-refractivity contribution >= 4 is 34.2 Å². The van der Waals surface area contributed by atoms with E-state index in [1.807, 2.05) is 35.9 Å². The Hall–Kier alpha value is -2.65. The Morgan fingerprint density at radius 3 is 3.00 bits per heavy atom. The second kappa shape index (κ2) is 6.10. The van der Waals surface area contributed by atoms with Gasteiger partial charge in [0.2, 0.25) is 0 Å². The molecule has 1 amide bonds. The van der Waals surface area contributed by atoms with E-state index < -0.39 is 0 Å². The van der Waals surface area contributed by atoms with Crippen LogP contribution in [0.15, 0.2) is 34.3 Å². The molecule has 7 nitrogen and oxygen atoms in total. The van der Waals surface area contributed by atoms with E-state index in [1.54, 1.807) is 21.2 Å². The molecule has 0 bridgehead atoms. The standard InChI is InChI=1S/C15H12N6OS2/c1-9-2-3-12-18-19-13(21(12)20-9)6-16-14(22)11-8-24-15(17-11)10-4-5-23-7-10/h2-5,7-8H,6H2,1H3,(H,16,22). The van der Waals surface area contributed by atoms with Crippen LogP contribution in [-0.2, 0) is 6.54 Å². The topological polar surface area (TPSA) is 85.1 Å². The number of hydrogen-bond donors (Lipinski definition) is 1. The van der Waals surface area contributed by atoms with E-state index in [-0.39, 0.29) is 12.5 Å². The first-order chi connectivity index (χ1) is 11.7. The fourth-order valence-corrected chi connectivity index (χ4v) is 3.69. The molecule has 0 atom stereocenters. The molecule has 0 radical (unpaired) electrons. The van der Waals surface area contributed by atoms with Gasteiger partial charge in [-0.05, 0) is 30.5 Å². The molecule has 4 rings (SSSR count). The summed E-state index contributed by atoms with van der Waals surface area (Å²) < 4.78 is 1.63. The van der Waals surface area contributed by atoms with Crippen molar-refractivity contribution in [2.45, 2.75) is 13.5 Å². The van der Waals surface area contributed by atoms with Crippen molar-refractivity contribution in [3.8, 4) is 10.6 Å². The summed E-state index contributed by atoms with van der Waals surface area (Å²) in [4.78, 5) is 16.7. The van der Waals surface area contributed by atoms with Crippen LogP contribution in [0.5, 0.6) is 0 Å². The van der Waals surface area contributed by atoms with Gasteiger partial charge in [0.25, 0.3) is 5.91 Å². The summed E-state index contributed by atoms with van der Waals surface area (Å²) in [5.41, 5.74) is 2.94. The minimum atomic E-state index is -0.239. The molecule has 24 heavy (non-hydrogen) atoms. The molecular formula is C15H12N6OS2. The lowest BCUT2D eigenvalue weighted by Crippen LogP contribution is -2.24. The van der Waals surface area contributed by atoms with E-state index in [4.69, 9.17) is 0 Å². The molecule has 4 heterocycles. The third-order valence-corrected chi connectivity index (χ3v) is 4.95. The molecule has 0 aliphatic rings. The van der Waals surface area contributed by atoms with Gasteiger partial charge >= 0.3 is 0 Å². The number of nitrogens with one attached hydrogen (secondary N) is 1. The SMILES string of the molecule is Cc1ccc2nnc(CNC(=O)c3csc(-c4ccsc4)n3)n2n1. The fraction of sp³-hybridized carbons (Fsp3) is 0.133. The molecule has 0 saturated heterocycles. The summed E-state index contributed by atoms with van der Waals surface area (Å²) in [7, 11) is 0. The zero-order valence-corrected chi connectivity index (χ0v) is 14.3. The number of hydrogen-bond acceptors (Lipinski definition) is 7. The number of carbonyl (C=O) groups is 1. The summed E-state index contributed by atoms with van der Waals surface area (Å²) in [6.45, 7) is 2.13. The van der Waals surface area contributed by atoms with Crippen LogP contribution in [0.1, 0.15) is 22.0 Å². The second-order valence-electron chi connectivity index (χ2n) is 5.09. The normalized spacial score (nSPS) is 11.0. The van der Waals surface area contributed by atoms with Crippen LogP contribution in [0.3, 0.4) is 0 Å². The number of carbonyl (C=O) groups excluding carboxylic acids is 1. The highest BCUT2D eigenvalue weighted by Crippen LogP contribution is 2.25. The predicted molar refractivity (Wildman–Crippen MR) is 92.1 cm³/mol. The number of rotatable bonds is 4. The molecule has 0 fully saturated rings. The molecule has 0 spiro atoms. The molecule has 0 aliphatic carbocycles. The van der Waals surface area contributed by atoms with Crippen molar-refractivity contribution in [2.24, 2.45) is 0 Å². The molecule has 4 aromatic rings. The Morgan fingerprint density at radius 1 is 1.25 bits per heavy atom. The second-order valence-corrected chi connectivity index (χ2v) is 6.73. The quantitative estimate of drug-likeness (QED) is 0.607. The average molecular weight is 356 g/mol. The van der Waals surface area contributed by atoms with Gasteiger partial charge in [0, 0.05) is 16.3 Å². The number of aromatic nitrogens is 5. The van der Waals surface area contributed by atoms with Crippen molar-refractivity contribution in [1.29, 1.82) is 0 Å². The molecule has 0 aromatic carbocycles. The summed E-state index contributed by atoms with van der Waals surface area (Å²) >= 11 is 3.06. The Morgan fingerprint density at radius 2 is 2.17 bits per heavy atom. The zero-order valence-electron chi connectivity index (χ0n) is 12.6. The van der Waals surface area contributed by atoms with Crippen LogP contribution in [0, 0.1) is 6.92 Å². The first kappa shape index (κ1) is 14.9. The number of fused-ring (bicyclic) bond motifs is 1. The number of amides is 1. The maximum Gasteiger partial charge on any atom is 0.271 e. The molecule has 0 saturated carbocycles. The van der Waals surface area contributed by atoms with Crippen molar-refractivity contribution < 1.29 is 4.79 Å². The monoisotopic (exact) mass is 356 g/mol. The minimum Gasteiger partial charge on any atom is -0.343 e. The minimum absolute atomic E-state index is 0.238. The van der Waals surface area contributed by atoms with Crippen molar-refractivity contribution in [1.82, 2.24) is 30.1 Å². The zero-order chi connectivity index (χ0) is 16.5. The number of thiazole rings is 1. The van der Waals surface area contributed by atoms with Gasteiger partial charge < -0.3 is 5.32 Å². The third-order valence-electron chi connectivity index (χ3n) is 3.37. The predicted octanol–water partition coefficient (Wildman–Crippen LogP) is 2.55. The van der Waals surface area contributed by atoms with E-state index in [0.717, 1.165) is 16.3 Å². The van der Waals surface area contributed by atoms with E-state index in [1.165, 1.54) is 11.3 Å². The van der Waals surface area contributed by atoms with Gasteiger partial charge in [0.1, 0.15) is 10.7 Å². The van der Waals surface area contributed by atoms with Crippen LogP contribution in [0.2, 0.25) is 0 Å². The average Bonchev–Trinajstić information content (AvgIpc) is 3.32. The van der Waals surface area contributed by atoms with E-state index in [0.29, 0.717) is 17.2 Å². The Balaban J connectivity index is 1.49. The first-order valence-electron chi connectivity index (χ1n) is 7.15. The third kappa shape index (κ3) is 2.79. The molecule has 1 N–H and O–H groups in total. The van der Waals surface area contributed by atoms with E-state index in [9.17, 15) is 4.79 Å². The first-order valence-corrected chi connectivity index (χ1v) is 8.97. The molecule has 0 aliphatic heterocycles. The van der Waals surface area contributed by atoms with Crippen LogP contribution in [0.4, 0.5) is 0 Å². The van der Waals surface area contributed by atoms with E-state index >= 15 is 0 Å². The van der Waals surface area contributed by atoms with Gasteiger partial charge in [-0.3, -0.25) is 4.79 Å². The lowest BCUT2D eigenvalue weighted by molar-refractivity contribution is 0.0945. The maximum absolute atomic E-state index is 12.3. The van der Waals surface area contributed by atoms with Gasteiger partial charge in [-0.2, -0.15) is 21.0 Å². The van der Waals surface area contributed by atoms with Crippen molar-refractivity contribution in [3.05, 3.63) is 51.6 Å². The summed E-state index contributed by atoms with van der Waals surface area (Å²) in [5, 5.41) is 21.9. The molecule has 0 unspecified atom stereocenters. The maximum atomic E-state index is 12.3. The Labute approximate surface area is 145 Å². The van der Waals surface area contributed by atoms with Gasteiger partial charge in [-0.25, -0.2) is 4.98 Å². The molecule has 4 aromatic heterocycles. The molecule has 9 heteroatoms. The van der Waals surface area contributed by atoms with Gasteiger partial charge in [-0.15, -0.1) is 21.5 Å². The van der Waals surface area contributed by atoms with Crippen LogP contribution >= 0.6 is 22.7 Å². The highest BCUT2D eigenvalue weighted by atomic mass is 32.1. The van der Waals surface area contributed by atoms with Crippen LogP contribution in [-0.4, -0.2) is 30.7 Å². The fourth-order valence-electron chi connectivity index (χ4n) is 2.18. The number of aryl methyl sites for hydroxylation is 1. The van der Waals surface area contributed by atoms with Gasteiger partial charge in [0.15, 0.2) is 11.5 Å². The molecule has 120 valence electrons. The lowest BCUT2D eigenvalue weighted by atomic mass is 10.3. The number of thiophene rings is 1. The van der Waals surface area contributed by atoms with E-state index in [2.05, 4.69) is 25.6 Å². The summed E-state index contributed by atoms with van der Waals surface area (Å²) in [5.74, 6) is 0.340. The molecular weight excluding hydrogens is 344 g/mol. The van der Waals surface area contributed by atoms with Gasteiger partial charge in [-0.1, -0.05) is 0 Å². The smallest absolute Gasteiger partial charge is 0.271 e. The Kier molecular flexibility index (Phi) is 3.79. The lowest BCUT2D eigenvalue weighted by Gasteiger charge is -2.02. The number of nitrogens with zero attached hydrogens (tertiary/aromatic N) is 5.